The van der Waals surface area contributed by atoms with Gasteiger partial charge in [0, 0.05) is 5.56 Å². The molecule has 1 aromatic carbocycles. The number of hydrogen-bond acceptors (Lipinski definition) is 6. The minimum atomic E-state index is -2.55. The van der Waals surface area contributed by atoms with E-state index in [1.807, 2.05) is 26.0 Å². The molecule has 2 heterocycles. The summed E-state index contributed by atoms with van der Waals surface area (Å²) in [5.74, 6) is 1.64. The Labute approximate surface area is 130 Å². The highest BCUT2D eigenvalue weighted by molar-refractivity contribution is 7.91. The number of sulfone groups is 1. The second-order valence-electron chi connectivity index (χ2n) is 5.40. The summed E-state index contributed by atoms with van der Waals surface area (Å²) in [6, 6.07) is 5.54. The molecule has 1 aromatic heterocycles. The summed E-state index contributed by atoms with van der Waals surface area (Å²) in [6.45, 7) is 3.78. The third-order valence-corrected chi connectivity index (χ3v) is 5.39. The van der Waals surface area contributed by atoms with Gasteiger partial charge in [-0.2, -0.15) is 0 Å². The molecule has 0 amide bonds. The second kappa shape index (κ2) is 6.39. The number of aryl methyl sites for hydroxylation is 2. The van der Waals surface area contributed by atoms with Gasteiger partial charge in [0.1, 0.15) is 15.6 Å². The van der Waals surface area contributed by atoms with Crippen LogP contribution in [-0.4, -0.2) is 25.1 Å². The quantitative estimate of drug-likeness (QED) is 0.779. The Morgan fingerprint density at radius 2 is 1.73 bits per heavy atom. The maximum atomic E-state index is 10.4. The average Bonchev–Trinajstić information content (AvgIpc) is 3.00. The van der Waals surface area contributed by atoms with Crippen molar-refractivity contribution >= 4 is 21.2 Å². The van der Waals surface area contributed by atoms with E-state index >= 15 is 0 Å². The van der Waals surface area contributed by atoms with Gasteiger partial charge in [0.05, 0.1) is 28.6 Å². The Morgan fingerprint density at radius 3 is 2.14 bits per heavy atom. The van der Waals surface area contributed by atoms with Crippen LogP contribution in [0.4, 0.5) is 11.4 Å². The minimum Gasteiger partial charge on any atom is -0.397 e. The SMILES string of the molecule is Cc1noc(C)c1-c1ccc(N)c(N)c1.O=S1(=O)CCCC1. The highest BCUT2D eigenvalue weighted by Gasteiger charge is 2.16. The lowest BCUT2D eigenvalue weighted by molar-refractivity contribution is 0.393. The van der Waals surface area contributed by atoms with Gasteiger partial charge < -0.3 is 16.0 Å². The highest BCUT2D eigenvalue weighted by atomic mass is 32.2. The largest absolute Gasteiger partial charge is 0.397 e. The maximum absolute atomic E-state index is 10.4. The molecule has 1 aliphatic rings. The van der Waals surface area contributed by atoms with E-state index in [4.69, 9.17) is 16.0 Å². The van der Waals surface area contributed by atoms with Crippen LogP contribution in [0, 0.1) is 13.8 Å². The number of aromatic nitrogens is 1. The molecule has 0 bridgehead atoms. The van der Waals surface area contributed by atoms with Gasteiger partial charge >= 0.3 is 0 Å². The van der Waals surface area contributed by atoms with Gasteiger partial charge in [0.2, 0.25) is 0 Å². The third-order valence-electron chi connectivity index (χ3n) is 3.57. The van der Waals surface area contributed by atoms with Crippen molar-refractivity contribution in [3.05, 3.63) is 29.7 Å². The molecule has 0 saturated carbocycles. The number of benzene rings is 1. The third kappa shape index (κ3) is 3.79. The lowest BCUT2D eigenvalue weighted by Gasteiger charge is -2.04. The summed E-state index contributed by atoms with van der Waals surface area (Å²) in [5, 5.41) is 3.90. The summed E-state index contributed by atoms with van der Waals surface area (Å²) >= 11 is 0. The van der Waals surface area contributed by atoms with Gasteiger partial charge in [-0.3, -0.25) is 0 Å². The van der Waals surface area contributed by atoms with E-state index < -0.39 is 9.84 Å². The molecule has 3 rings (SSSR count). The molecule has 1 saturated heterocycles. The molecule has 0 unspecified atom stereocenters. The fraction of sp³-hybridized carbons (Fsp3) is 0.400. The molecule has 22 heavy (non-hydrogen) atoms. The molecule has 7 heteroatoms. The van der Waals surface area contributed by atoms with Gasteiger partial charge in [-0.25, -0.2) is 8.42 Å². The van der Waals surface area contributed by atoms with Crippen LogP contribution < -0.4 is 11.5 Å². The summed E-state index contributed by atoms with van der Waals surface area (Å²) in [4.78, 5) is 0. The monoisotopic (exact) mass is 323 g/mol. The predicted octanol–water partition coefficient (Wildman–Crippen LogP) is 2.32. The van der Waals surface area contributed by atoms with Crippen LogP contribution >= 0.6 is 0 Å². The van der Waals surface area contributed by atoms with Crippen LogP contribution in [-0.2, 0) is 9.84 Å². The van der Waals surface area contributed by atoms with Crippen molar-refractivity contribution in [1.82, 2.24) is 5.16 Å². The fourth-order valence-corrected chi connectivity index (χ4v) is 3.86. The van der Waals surface area contributed by atoms with Crippen molar-refractivity contribution in [1.29, 1.82) is 0 Å². The highest BCUT2D eigenvalue weighted by Crippen LogP contribution is 2.29. The number of anilines is 2. The molecular weight excluding hydrogens is 302 g/mol. The van der Waals surface area contributed by atoms with Crippen LogP contribution in [0.25, 0.3) is 11.1 Å². The normalized spacial score (nSPS) is 16.1. The molecular formula is C15H21N3O3S. The van der Waals surface area contributed by atoms with E-state index in [-0.39, 0.29) is 0 Å². The van der Waals surface area contributed by atoms with Crippen LogP contribution in [0.1, 0.15) is 24.3 Å². The molecule has 0 aliphatic carbocycles. The summed E-state index contributed by atoms with van der Waals surface area (Å²) in [6.07, 6.45) is 1.75. The lowest BCUT2D eigenvalue weighted by atomic mass is 10.0. The number of nitrogen functional groups attached to an aromatic ring is 2. The summed E-state index contributed by atoms with van der Waals surface area (Å²) in [7, 11) is -2.55. The Bertz CT molecular complexity index is 735. The molecule has 120 valence electrons. The zero-order valence-corrected chi connectivity index (χ0v) is 13.6. The average molecular weight is 323 g/mol. The molecule has 0 spiro atoms. The fourth-order valence-electron chi connectivity index (χ4n) is 2.37. The van der Waals surface area contributed by atoms with E-state index in [9.17, 15) is 8.42 Å². The van der Waals surface area contributed by atoms with Gasteiger partial charge in [-0.05, 0) is 44.4 Å². The summed E-state index contributed by atoms with van der Waals surface area (Å²) in [5.41, 5.74) is 15.4. The maximum Gasteiger partial charge on any atom is 0.150 e. The van der Waals surface area contributed by atoms with Gasteiger partial charge in [0.25, 0.3) is 0 Å². The molecule has 0 atom stereocenters. The first kappa shape index (κ1) is 16.4. The van der Waals surface area contributed by atoms with Gasteiger partial charge in [-0.15, -0.1) is 0 Å². The zero-order chi connectivity index (χ0) is 16.3. The molecule has 2 aromatic rings. The Hall–Kier alpha value is -2.02. The van der Waals surface area contributed by atoms with Gasteiger partial charge in [-0.1, -0.05) is 11.2 Å². The van der Waals surface area contributed by atoms with Crippen LogP contribution in [0.3, 0.4) is 0 Å². The van der Waals surface area contributed by atoms with E-state index in [0.29, 0.717) is 22.9 Å². The Morgan fingerprint density at radius 1 is 1.09 bits per heavy atom. The Kier molecular flexibility index (Phi) is 4.75. The summed E-state index contributed by atoms with van der Waals surface area (Å²) < 4.78 is 26.0. The van der Waals surface area contributed by atoms with Gasteiger partial charge in [0.15, 0.2) is 0 Å². The Balaban J connectivity index is 0.000000211. The van der Waals surface area contributed by atoms with Crippen LogP contribution in [0.5, 0.6) is 0 Å². The molecule has 1 aliphatic heterocycles. The first-order valence-electron chi connectivity index (χ1n) is 7.09. The molecule has 4 N–H and O–H groups in total. The van der Waals surface area contributed by atoms with Crippen molar-refractivity contribution in [3.8, 4) is 11.1 Å². The number of rotatable bonds is 1. The van der Waals surface area contributed by atoms with Crippen LogP contribution in [0.2, 0.25) is 0 Å². The topological polar surface area (TPSA) is 112 Å². The van der Waals surface area contributed by atoms with Crippen molar-refractivity contribution in [3.63, 3.8) is 0 Å². The molecule has 1 fully saturated rings. The van der Waals surface area contributed by atoms with Crippen LogP contribution in [0.15, 0.2) is 22.7 Å². The predicted molar refractivity (Wildman–Crippen MR) is 88.1 cm³/mol. The molecule has 0 radical (unpaired) electrons. The van der Waals surface area contributed by atoms with E-state index in [1.165, 1.54) is 0 Å². The molecule has 6 nitrogen and oxygen atoms in total. The minimum absolute atomic E-state index is 0.424. The first-order valence-corrected chi connectivity index (χ1v) is 8.91. The van der Waals surface area contributed by atoms with E-state index in [0.717, 1.165) is 35.4 Å². The van der Waals surface area contributed by atoms with Crippen molar-refractivity contribution < 1.29 is 12.9 Å². The van der Waals surface area contributed by atoms with Crippen molar-refractivity contribution in [2.45, 2.75) is 26.7 Å². The van der Waals surface area contributed by atoms with E-state index in [1.54, 1.807) is 6.07 Å². The van der Waals surface area contributed by atoms with Crippen molar-refractivity contribution in [2.24, 2.45) is 0 Å². The number of nitrogens with two attached hydrogens (primary N) is 2. The standard InChI is InChI=1S/C11H13N3O.C4H8O2S/c1-6-11(7(2)15-14-6)8-3-4-9(12)10(13)5-8;5-7(6)3-1-2-4-7/h3-5H,12-13H2,1-2H3;1-4H2. The zero-order valence-electron chi connectivity index (χ0n) is 12.8. The smallest absolute Gasteiger partial charge is 0.150 e. The van der Waals surface area contributed by atoms with Crippen molar-refractivity contribution in [2.75, 3.05) is 23.0 Å². The van der Waals surface area contributed by atoms with E-state index in [2.05, 4.69) is 5.16 Å². The lowest BCUT2D eigenvalue weighted by Crippen LogP contribution is -1.98. The number of hydrogen-bond donors (Lipinski definition) is 2. The number of nitrogens with zero attached hydrogens (tertiary/aromatic N) is 1. The second-order valence-corrected chi connectivity index (χ2v) is 7.71. The first-order chi connectivity index (χ1) is 10.3.